The van der Waals surface area contributed by atoms with Gasteiger partial charge < -0.3 is 21.3 Å². The van der Waals surface area contributed by atoms with Gasteiger partial charge >= 0.3 is 0 Å². The number of rotatable bonds is 21. The highest BCUT2D eigenvalue weighted by Crippen LogP contribution is 2.18. The molecule has 4 heteroatoms. The van der Waals surface area contributed by atoms with Crippen LogP contribution in [0.5, 0.6) is 0 Å². The molecule has 4 nitrogen and oxygen atoms in total. The molecule has 0 heterocycles. The first-order valence-corrected chi connectivity index (χ1v) is 15.5. The maximum atomic E-state index is 3.60. The summed E-state index contributed by atoms with van der Waals surface area (Å²) in [5, 5.41) is 14.3. The van der Waals surface area contributed by atoms with Crippen molar-refractivity contribution in [3.63, 3.8) is 0 Å². The van der Waals surface area contributed by atoms with E-state index in [0.29, 0.717) is 12.1 Å². The summed E-state index contributed by atoms with van der Waals surface area (Å²) >= 11 is 0. The van der Waals surface area contributed by atoms with E-state index in [4.69, 9.17) is 0 Å². The van der Waals surface area contributed by atoms with E-state index in [-0.39, 0.29) is 0 Å². The SMILES string of the molecule is CC(C)CC(C)Nc1ccc(NCCCCCCCCCCNc2ccc(NC(C)CC(C)C)cc2)cc1. The molecule has 2 unspecified atom stereocenters. The molecule has 0 aliphatic heterocycles. The number of unbranched alkanes of at least 4 members (excludes halogenated alkanes) is 7. The van der Waals surface area contributed by atoms with Crippen molar-refractivity contribution >= 4 is 22.7 Å². The summed E-state index contributed by atoms with van der Waals surface area (Å²) in [6.45, 7) is 15.8. The van der Waals surface area contributed by atoms with Gasteiger partial charge in [0.05, 0.1) is 0 Å². The molecule has 2 aromatic carbocycles. The summed E-state index contributed by atoms with van der Waals surface area (Å²) in [5.74, 6) is 1.45. The average molecular weight is 523 g/mol. The lowest BCUT2D eigenvalue weighted by atomic mass is 10.1. The summed E-state index contributed by atoms with van der Waals surface area (Å²) in [4.78, 5) is 0. The molecule has 214 valence electrons. The molecule has 0 bridgehead atoms. The van der Waals surface area contributed by atoms with Gasteiger partial charge in [0.25, 0.3) is 0 Å². The third kappa shape index (κ3) is 15.1. The average Bonchev–Trinajstić information content (AvgIpc) is 2.85. The molecule has 4 N–H and O–H groups in total. The Balaban J connectivity index is 1.41. The molecule has 0 fully saturated rings. The Bertz CT molecular complexity index is 757. The van der Waals surface area contributed by atoms with Crippen LogP contribution in [0.2, 0.25) is 0 Å². The Kier molecular flexibility index (Phi) is 15.8. The van der Waals surface area contributed by atoms with Gasteiger partial charge in [-0.1, -0.05) is 66.2 Å². The molecular weight excluding hydrogens is 464 g/mol. The number of nitrogens with one attached hydrogen (secondary N) is 4. The number of anilines is 4. The van der Waals surface area contributed by atoms with Crippen molar-refractivity contribution in [2.75, 3.05) is 34.4 Å². The standard InChI is InChI=1S/C34H58N4/c1-27(2)25-29(5)37-33-19-15-31(16-20-33)35-23-13-11-9-7-8-10-12-14-24-36-32-17-21-34(22-18-32)38-30(6)26-28(3)4/h15-22,27-30,35-38H,7-14,23-26H2,1-6H3. The van der Waals surface area contributed by atoms with Gasteiger partial charge in [-0.2, -0.15) is 0 Å². The Labute approximate surface area is 235 Å². The normalized spacial score (nSPS) is 12.9. The van der Waals surface area contributed by atoms with Crippen molar-refractivity contribution < 1.29 is 0 Å². The molecule has 0 saturated heterocycles. The van der Waals surface area contributed by atoms with E-state index in [9.17, 15) is 0 Å². The molecule has 38 heavy (non-hydrogen) atoms. The third-order valence-corrected chi connectivity index (χ3v) is 7.01. The number of hydrogen-bond acceptors (Lipinski definition) is 4. The van der Waals surface area contributed by atoms with Crippen molar-refractivity contribution in [1.29, 1.82) is 0 Å². The first-order chi connectivity index (χ1) is 18.3. The highest BCUT2D eigenvalue weighted by molar-refractivity contribution is 5.54. The summed E-state index contributed by atoms with van der Waals surface area (Å²) in [6.07, 6.45) is 13.0. The first kappa shape index (κ1) is 31.9. The van der Waals surface area contributed by atoms with Gasteiger partial charge in [-0.05, 0) is 99.9 Å². The molecule has 2 aromatic rings. The van der Waals surface area contributed by atoms with Crippen LogP contribution in [0.1, 0.15) is 106 Å². The number of hydrogen-bond donors (Lipinski definition) is 4. The van der Waals surface area contributed by atoms with Crippen LogP contribution in [0, 0.1) is 11.8 Å². The predicted molar refractivity (Wildman–Crippen MR) is 172 cm³/mol. The van der Waals surface area contributed by atoms with E-state index >= 15 is 0 Å². The summed E-state index contributed by atoms with van der Waals surface area (Å²) < 4.78 is 0. The molecule has 0 spiro atoms. The molecular formula is C34H58N4. The van der Waals surface area contributed by atoms with E-state index in [2.05, 4.69) is 111 Å². The van der Waals surface area contributed by atoms with Crippen molar-refractivity contribution in [2.45, 2.75) is 118 Å². The minimum atomic E-state index is 0.514. The quantitative estimate of drug-likeness (QED) is 0.123. The molecule has 0 aliphatic rings. The van der Waals surface area contributed by atoms with E-state index < -0.39 is 0 Å². The molecule has 0 aromatic heterocycles. The lowest BCUT2D eigenvalue weighted by Gasteiger charge is -2.17. The monoisotopic (exact) mass is 522 g/mol. The molecule has 2 rings (SSSR count). The minimum Gasteiger partial charge on any atom is -0.385 e. The fraction of sp³-hybridized carbons (Fsp3) is 0.647. The van der Waals surface area contributed by atoms with Gasteiger partial charge in [-0.15, -0.1) is 0 Å². The molecule has 2 atom stereocenters. The maximum Gasteiger partial charge on any atom is 0.0343 e. The van der Waals surface area contributed by atoms with Gasteiger partial charge in [0.1, 0.15) is 0 Å². The van der Waals surface area contributed by atoms with Crippen LogP contribution in [0.4, 0.5) is 22.7 Å². The second-order valence-electron chi connectivity index (χ2n) is 12.2. The van der Waals surface area contributed by atoms with Crippen molar-refractivity contribution in [3.05, 3.63) is 48.5 Å². The highest BCUT2D eigenvalue weighted by atomic mass is 14.9. The fourth-order valence-electron chi connectivity index (χ4n) is 5.25. The van der Waals surface area contributed by atoms with Gasteiger partial charge in [-0.3, -0.25) is 0 Å². The van der Waals surface area contributed by atoms with Crippen LogP contribution in [-0.2, 0) is 0 Å². The Morgan fingerprint density at radius 2 is 0.711 bits per heavy atom. The zero-order chi connectivity index (χ0) is 27.6. The van der Waals surface area contributed by atoms with Crippen molar-refractivity contribution in [3.8, 4) is 0 Å². The van der Waals surface area contributed by atoms with E-state index in [1.54, 1.807) is 0 Å². The molecule has 0 radical (unpaired) electrons. The topological polar surface area (TPSA) is 48.1 Å². The van der Waals surface area contributed by atoms with Crippen LogP contribution in [-0.4, -0.2) is 25.2 Å². The molecule has 0 amide bonds. The van der Waals surface area contributed by atoms with Gasteiger partial charge in [0.15, 0.2) is 0 Å². The Hall–Kier alpha value is -2.36. The first-order valence-electron chi connectivity index (χ1n) is 15.5. The lowest BCUT2D eigenvalue weighted by Crippen LogP contribution is -2.17. The summed E-state index contributed by atoms with van der Waals surface area (Å²) in [6, 6.07) is 18.6. The van der Waals surface area contributed by atoms with Crippen LogP contribution >= 0.6 is 0 Å². The van der Waals surface area contributed by atoms with Crippen LogP contribution in [0.3, 0.4) is 0 Å². The Morgan fingerprint density at radius 1 is 0.421 bits per heavy atom. The summed E-state index contributed by atoms with van der Waals surface area (Å²) in [7, 11) is 0. The van der Waals surface area contributed by atoms with E-state index in [1.165, 1.54) is 87.0 Å². The van der Waals surface area contributed by atoms with Crippen molar-refractivity contribution in [1.82, 2.24) is 0 Å². The zero-order valence-electron chi connectivity index (χ0n) is 25.4. The van der Waals surface area contributed by atoms with E-state index in [1.807, 2.05) is 0 Å². The third-order valence-electron chi connectivity index (χ3n) is 7.01. The zero-order valence-corrected chi connectivity index (χ0v) is 25.4. The highest BCUT2D eigenvalue weighted by Gasteiger charge is 2.06. The van der Waals surface area contributed by atoms with E-state index in [0.717, 1.165) is 24.9 Å². The Morgan fingerprint density at radius 3 is 1.03 bits per heavy atom. The smallest absolute Gasteiger partial charge is 0.0343 e. The summed E-state index contributed by atoms with van der Waals surface area (Å²) in [5.41, 5.74) is 4.88. The lowest BCUT2D eigenvalue weighted by molar-refractivity contribution is 0.539. The predicted octanol–water partition coefficient (Wildman–Crippen LogP) is 10.0. The van der Waals surface area contributed by atoms with Crippen LogP contribution in [0.15, 0.2) is 48.5 Å². The fourth-order valence-corrected chi connectivity index (χ4v) is 5.25. The van der Waals surface area contributed by atoms with Crippen molar-refractivity contribution in [2.24, 2.45) is 11.8 Å². The van der Waals surface area contributed by atoms with Crippen LogP contribution < -0.4 is 21.3 Å². The van der Waals surface area contributed by atoms with Gasteiger partial charge in [0.2, 0.25) is 0 Å². The maximum absolute atomic E-state index is 3.60. The van der Waals surface area contributed by atoms with Gasteiger partial charge in [0, 0.05) is 47.9 Å². The second-order valence-corrected chi connectivity index (χ2v) is 12.2. The number of benzene rings is 2. The molecule has 0 aliphatic carbocycles. The largest absolute Gasteiger partial charge is 0.385 e. The minimum absolute atomic E-state index is 0.514. The molecule has 0 saturated carbocycles. The van der Waals surface area contributed by atoms with Gasteiger partial charge in [-0.25, -0.2) is 0 Å². The second kappa shape index (κ2) is 18.8. The van der Waals surface area contributed by atoms with Crippen LogP contribution in [0.25, 0.3) is 0 Å².